The first-order valence-electron chi connectivity index (χ1n) is 7.50. The molecule has 2 heterocycles. The molecule has 1 aliphatic rings. The number of methoxy groups -OCH3 is 1. The molecule has 0 bridgehead atoms. The summed E-state index contributed by atoms with van der Waals surface area (Å²) in [4.78, 5) is 15.8. The monoisotopic (exact) mass is 551 g/mol. The van der Waals surface area contributed by atoms with Gasteiger partial charge in [-0.2, -0.15) is 0 Å². The Labute approximate surface area is 226 Å². The van der Waals surface area contributed by atoms with E-state index in [2.05, 4.69) is 16.3 Å². The summed E-state index contributed by atoms with van der Waals surface area (Å²) in [5.74, 6) is -0.262. The van der Waals surface area contributed by atoms with Crippen molar-refractivity contribution in [2.24, 2.45) is 0 Å². The summed E-state index contributed by atoms with van der Waals surface area (Å²) in [6, 6.07) is 9.16. The van der Waals surface area contributed by atoms with Crippen molar-refractivity contribution in [1.82, 2.24) is 4.90 Å². The van der Waals surface area contributed by atoms with Gasteiger partial charge in [0.2, 0.25) is 10.4 Å². The molecule has 2 aromatic rings. The van der Waals surface area contributed by atoms with Gasteiger partial charge in [0.05, 0.1) is 7.11 Å². The number of hydrogen-bond donors (Lipinski definition) is 1. The second-order valence-corrected chi connectivity index (χ2v) is 7.73. The van der Waals surface area contributed by atoms with Crippen LogP contribution in [0.15, 0.2) is 35.7 Å². The van der Waals surface area contributed by atoms with Crippen molar-refractivity contribution in [3.8, 4) is 0 Å². The van der Waals surface area contributed by atoms with Crippen molar-refractivity contribution < 1.29 is 95.9 Å². The van der Waals surface area contributed by atoms with Crippen molar-refractivity contribution in [3.05, 3.63) is 56.7 Å². The number of rotatable bonds is 3. The molecule has 1 atom stereocenters. The number of carbonyl (C=O) groups excluding carboxylic acids is 1. The Morgan fingerprint density at radius 1 is 1.37 bits per heavy atom. The molecule has 1 aromatic carbocycles. The third-order valence-corrected chi connectivity index (χ3v) is 5.19. The van der Waals surface area contributed by atoms with Gasteiger partial charge < -0.3 is 9.29 Å². The van der Waals surface area contributed by atoms with Crippen molar-refractivity contribution in [1.29, 1.82) is 0 Å². The number of halogens is 1. The van der Waals surface area contributed by atoms with Crippen LogP contribution in [0.3, 0.4) is 0 Å². The molecule has 0 fully saturated rings. The molecule has 1 aliphatic heterocycles. The van der Waals surface area contributed by atoms with E-state index in [1.807, 2.05) is 24.3 Å². The molecular weight excluding hydrogens is 535 g/mol. The van der Waals surface area contributed by atoms with E-state index in [4.69, 9.17) is 33.9 Å². The van der Waals surface area contributed by atoms with Crippen LogP contribution in [0.2, 0.25) is 5.02 Å². The molecule has 0 spiro atoms. The molecular formula is C16H17ClCsNO6S2. The summed E-state index contributed by atoms with van der Waals surface area (Å²) in [7, 11) is -3.49. The molecule has 7 nitrogen and oxygen atoms in total. The maximum absolute atomic E-state index is 12.3. The van der Waals surface area contributed by atoms with Gasteiger partial charge in [0, 0.05) is 23.0 Å². The summed E-state index contributed by atoms with van der Waals surface area (Å²) < 4.78 is 37.8. The van der Waals surface area contributed by atoms with Crippen LogP contribution in [0.4, 0.5) is 0 Å². The number of ether oxygens (including phenoxy) is 1. The largest absolute Gasteiger partial charge is 1.00 e. The summed E-state index contributed by atoms with van der Waals surface area (Å²) >= 11 is 8.07. The van der Waals surface area contributed by atoms with Crippen LogP contribution in [0, 0.1) is 0 Å². The van der Waals surface area contributed by atoms with Gasteiger partial charge in [-0.15, -0.1) is 11.3 Å². The van der Waals surface area contributed by atoms with Gasteiger partial charge in [-0.25, -0.2) is 13.2 Å². The third-order valence-electron chi connectivity index (χ3n) is 3.83. The Kier molecular flexibility index (Phi) is 11.1. The fourth-order valence-corrected chi connectivity index (χ4v) is 3.90. The van der Waals surface area contributed by atoms with Gasteiger partial charge in [0.1, 0.15) is 6.04 Å². The summed E-state index contributed by atoms with van der Waals surface area (Å²) in [5, 5.41) is 2.71. The molecule has 1 N–H and O–H groups in total. The van der Waals surface area contributed by atoms with Crippen LogP contribution in [-0.4, -0.2) is 42.0 Å². The molecule has 142 valence electrons. The predicted octanol–water partition coefficient (Wildman–Crippen LogP) is -0.317. The summed E-state index contributed by atoms with van der Waals surface area (Å²) in [6.45, 7) is 1.59. The molecule has 0 saturated carbocycles. The molecule has 0 aliphatic carbocycles. The van der Waals surface area contributed by atoms with E-state index in [0.29, 0.717) is 5.02 Å². The normalized spacial score (nSPS) is 14.8. The first-order chi connectivity index (χ1) is 12.2. The number of hydrogen-bond acceptors (Lipinski definition) is 7. The summed E-state index contributed by atoms with van der Waals surface area (Å²) in [6.07, 6.45) is 0.963. The Morgan fingerprint density at radius 2 is 2.00 bits per heavy atom. The molecule has 0 radical (unpaired) electrons. The van der Waals surface area contributed by atoms with E-state index in [0.717, 1.165) is 25.1 Å². The predicted molar refractivity (Wildman–Crippen MR) is 97.0 cm³/mol. The van der Waals surface area contributed by atoms with Gasteiger partial charge in [-0.05, 0) is 35.1 Å². The topological polar surface area (TPSA) is 107 Å². The van der Waals surface area contributed by atoms with Crippen LogP contribution in [0.1, 0.15) is 22.0 Å². The number of carbonyl (C=O) groups is 1. The van der Waals surface area contributed by atoms with Crippen molar-refractivity contribution in [2.45, 2.75) is 19.0 Å². The summed E-state index contributed by atoms with van der Waals surface area (Å²) in [5.41, 5.74) is 2.11. The van der Waals surface area contributed by atoms with E-state index in [9.17, 15) is 4.79 Å². The quantitative estimate of drug-likeness (QED) is 0.317. The van der Waals surface area contributed by atoms with E-state index in [1.54, 1.807) is 11.3 Å². The van der Waals surface area contributed by atoms with Crippen LogP contribution < -0.4 is 68.9 Å². The van der Waals surface area contributed by atoms with Crippen LogP contribution in [0.5, 0.6) is 0 Å². The Morgan fingerprint density at radius 3 is 2.59 bits per heavy atom. The van der Waals surface area contributed by atoms with Gasteiger partial charge in [0.15, 0.2) is 0 Å². The number of esters is 1. The minimum absolute atomic E-state index is 0. The average Bonchev–Trinajstić information content (AvgIpc) is 3.03. The first-order valence-corrected chi connectivity index (χ1v) is 10.1. The van der Waals surface area contributed by atoms with Crippen molar-refractivity contribution in [3.63, 3.8) is 0 Å². The van der Waals surface area contributed by atoms with Gasteiger partial charge in [-0.3, -0.25) is 9.45 Å². The Balaban J connectivity index is 0.000000542. The number of thiophene rings is 1. The number of nitrogens with zero attached hydrogens (tertiary/aromatic N) is 1. The van der Waals surface area contributed by atoms with E-state index < -0.39 is 16.4 Å². The van der Waals surface area contributed by atoms with Gasteiger partial charge in [0.25, 0.3) is 0 Å². The van der Waals surface area contributed by atoms with E-state index in [-0.39, 0.29) is 74.9 Å². The molecule has 3 rings (SSSR count). The second-order valence-electron chi connectivity index (χ2n) is 5.46. The number of benzene rings is 1. The number of fused-ring (bicyclic) bond motifs is 1. The van der Waals surface area contributed by atoms with Gasteiger partial charge in [-0.1, -0.05) is 29.8 Å². The van der Waals surface area contributed by atoms with E-state index >= 15 is 0 Å². The fraction of sp³-hybridized carbons (Fsp3) is 0.312. The standard InChI is InChI=1S/C16H16ClNO2S.Cs.H2O4S/c1-20-16(19)15(12-4-2-3-5-13(12)17)18-8-6-14-11(10-18)7-9-21-14;;1-5(2,3)4/h2-5,7,9,15H,6,8,10H2,1H3;;(H2,1,2,3,4)/q;+1;/p-1/t15-;;/m0../s1. The smallest absolute Gasteiger partial charge is 0.726 e. The average molecular weight is 552 g/mol. The Bertz CT molecular complexity index is 865. The first kappa shape index (κ1) is 25.6. The second kappa shape index (κ2) is 11.7. The minimum Gasteiger partial charge on any atom is -0.726 e. The van der Waals surface area contributed by atoms with Gasteiger partial charge >= 0.3 is 74.9 Å². The minimum atomic E-state index is -4.92. The van der Waals surface area contributed by atoms with E-state index in [1.165, 1.54) is 17.6 Å². The SMILES string of the molecule is COC(=O)[C@H](c1ccccc1Cl)N1CCc2sccc2C1.O=S(=O)([O-])O.[Cs+]. The molecule has 0 saturated heterocycles. The fourth-order valence-electron chi connectivity index (χ4n) is 2.77. The van der Waals surface area contributed by atoms with Crippen molar-refractivity contribution >= 4 is 39.3 Å². The maximum Gasteiger partial charge on any atom is 1.00 e. The molecule has 0 amide bonds. The van der Waals surface area contributed by atoms with Crippen LogP contribution in [-0.2, 0) is 32.9 Å². The molecule has 27 heavy (non-hydrogen) atoms. The molecule has 1 aromatic heterocycles. The zero-order chi connectivity index (χ0) is 19.3. The maximum atomic E-state index is 12.3. The molecule has 0 unspecified atom stereocenters. The third kappa shape index (κ3) is 8.07. The molecule has 11 heteroatoms. The zero-order valence-corrected chi connectivity index (χ0v) is 23.5. The zero-order valence-electron chi connectivity index (χ0n) is 14.8. The van der Waals surface area contributed by atoms with Crippen LogP contribution >= 0.6 is 22.9 Å². The van der Waals surface area contributed by atoms with Crippen LogP contribution in [0.25, 0.3) is 0 Å². The Hall–Kier alpha value is 0.562. The van der Waals surface area contributed by atoms with Crippen molar-refractivity contribution in [2.75, 3.05) is 13.7 Å².